The number of carbonyl (C=O) groups is 1. The van der Waals surface area contributed by atoms with E-state index in [9.17, 15) is 23.3 Å². The third-order valence-corrected chi connectivity index (χ3v) is 7.64. The molecule has 0 atom stereocenters. The van der Waals surface area contributed by atoms with Crippen LogP contribution < -0.4 is 14.5 Å². The van der Waals surface area contributed by atoms with Crippen LogP contribution in [0.2, 0.25) is 5.02 Å². The molecule has 0 fully saturated rings. The molecular formula is C28H23ClN4O6S. The van der Waals surface area contributed by atoms with Gasteiger partial charge in [-0.25, -0.2) is 13.8 Å². The lowest BCUT2D eigenvalue weighted by molar-refractivity contribution is -0.387. The lowest BCUT2D eigenvalue weighted by Gasteiger charge is -2.23. The predicted molar refractivity (Wildman–Crippen MR) is 152 cm³/mol. The van der Waals surface area contributed by atoms with Gasteiger partial charge in [0, 0.05) is 11.1 Å². The Balaban J connectivity index is 1.42. The zero-order valence-corrected chi connectivity index (χ0v) is 22.5. The van der Waals surface area contributed by atoms with Crippen molar-refractivity contribution in [2.75, 3.05) is 10.8 Å². The van der Waals surface area contributed by atoms with Crippen molar-refractivity contribution in [2.24, 2.45) is 5.10 Å². The number of hydrogen-bond donors (Lipinski definition) is 1. The monoisotopic (exact) mass is 578 g/mol. The number of rotatable bonds is 11. The molecule has 0 saturated heterocycles. The van der Waals surface area contributed by atoms with Crippen LogP contribution in [0.15, 0.2) is 113 Å². The summed E-state index contributed by atoms with van der Waals surface area (Å²) in [7, 11) is -4.48. The number of amides is 1. The Kier molecular flexibility index (Phi) is 9.10. The highest BCUT2D eigenvalue weighted by Crippen LogP contribution is 2.29. The molecule has 0 unspecified atom stereocenters. The van der Waals surface area contributed by atoms with Crippen molar-refractivity contribution in [1.82, 2.24) is 5.43 Å². The first-order valence-corrected chi connectivity index (χ1v) is 13.7. The number of ether oxygens (including phenoxy) is 1. The number of halogens is 1. The highest BCUT2D eigenvalue weighted by Gasteiger charge is 2.33. The number of anilines is 1. The van der Waals surface area contributed by atoms with E-state index in [4.69, 9.17) is 16.3 Å². The van der Waals surface area contributed by atoms with Crippen LogP contribution in [0.5, 0.6) is 5.75 Å². The summed E-state index contributed by atoms with van der Waals surface area (Å²) >= 11 is 5.89. The number of hydrogen-bond acceptors (Lipinski definition) is 7. The highest BCUT2D eigenvalue weighted by molar-refractivity contribution is 7.93. The molecule has 0 heterocycles. The van der Waals surface area contributed by atoms with E-state index in [1.54, 1.807) is 54.6 Å². The van der Waals surface area contributed by atoms with Gasteiger partial charge < -0.3 is 4.74 Å². The second-order valence-corrected chi connectivity index (χ2v) is 10.6. The minimum Gasteiger partial charge on any atom is -0.489 e. The molecule has 0 spiro atoms. The number of para-hydroxylation sites is 2. The first-order chi connectivity index (χ1) is 19.2. The zero-order valence-electron chi connectivity index (χ0n) is 20.9. The van der Waals surface area contributed by atoms with E-state index in [0.29, 0.717) is 22.9 Å². The summed E-state index contributed by atoms with van der Waals surface area (Å²) in [6, 6.07) is 27.1. The summed E-state index contributed by atoms with van der Waals surface area (Å²) in [5.74, 6) is -0.111. The molecule has 204 valence electrons. The zero-order chi connectivity index (χ0) is 28.5. The first kappa shape index (κ1) is 28.3. The van der Waals surface area contributed by atoms with Crippen LogP contribution in [0.1, 0.15) is 11.1 Å². The van der Waals surface area contributed by atoms with E-state index in [1.165, 1.54) is 30.5 Å². The van der Waals surface area contributed by atoms with Crippen molar-refractivity contribution in [1.29, 1.82) is 0 Å². The van der Waals surface area contributed by atoms with Gasteiger partial charge >= 0.3 is 0 Å². The SMILES string of the molecule is O=C(CN(c1ccccc1)S(=O)(=O)c1ccccc1[N+](=O)[O-])N/N=C\c1ccc(OCc2ccc(Cl)cc2)cc1. The van der Waals surface area contributed by atoms with Crippen LogP contribution in [0, 0.1) is 10.1 Å². The van der Waals surface area contributed by atoms with Crippen molar-refractivity contribution in [3.63, 3.8) is 0 Å². The molecule has 0 saturated carbocycles. The fourth-order valence-corrected chi connectivity index (χ4v) is 5.30. The van der Waals surface area contributed by atoms with E-state index in [1.807, 2.05) is 12.1 Å². The summed E-state index contributed by atoms with van der Waals surface area (Å²) in [5, 5.41) is 16.0. The van der Waals surface area contributed by atoms with E-state index >= 15 is 0 Å². The van der Waals surface area contributed by atoms with Gasteiger partial charge in [-0.05, 0) is 65.7 Å². The van der Waals surface area contributed by atoms with Gasteiger partial charge in [0.25, 0.3) is 21.6 Å². The molecule has 1 N–H and O–H groups in total. The fraction of sp³-hybridized carbons (Fsp3) is 0.0714. The largest absolute Gasteiger partial charge is 0.489 e. The minimum absolute atomic E-state index is 0.161. The lowest BCUT2D eigenvalue weighted by Crippen LogP contribution is -2.39. The van der Waals surface area contributed by atoms with Crippen molar-refractivity contribution in [3.05, 3.63) is 129 Å². The molecule has 4 aromatic rings. The number of nitro groups is 1. The third kappa shape index (κ3) is 7.22. The summed E-state index contributed by atoms with van der Waals surface area (Å²) in [6.07, 6.45) is 1.39. The maximum Gasteiger partial charge on any atom is 0.289 e. The standard InChI is InChI=1S/C28H23ClN4O6S/c29-23-14-10-22(11-15-23)20-39-25-16-12-21(13-17-25)18-30-31-28(34)19-32(24-6-2-1-3-7-24)40(37,38)27-9-5-4-8-26(27)33(35)36/h1-18H,19-20H2,(H,31,34)/b30-18-. The van der Waals surface area contributed by atoms with Gasteiger partial charge in [0.05, 0.1) is 16.8 Å². The third-order valence-electron chi connectivity index (χ3n) is 5.56. The van der Waals surface area contributed by atoms with Crippen LogP contribution >= 0.6 is 11.6 Å². The Labute approximate surface area is 235 Å². The average molecular weight is 579 g/mol. The summed E-state index contributed by atoms with van der Waals surface area (Å²) < 4.78 is 33.5. The van der Waals surface area contributed by atoms with Crippen LogP contribution in [-0.2, 0) is 21.4 Å². The summed E-state index contributed by atoms with van der Waals surface area (Å²) in [6.45, 7) is -0.291. The Hall–Kier alpha value is -4.74. The Morgan fingerprint density at radius 2 is 1.60 bits per heavy atom. The minimum atomic E-state index is -4.48. The second kappa shape index (κ2) is 12.9. The van der Waals surface area contributed by atoms with Gasteiger partial charge in [0.15, 0.2) is 4.90 Å². The summed E-state index contributed by atoms with van der Waals surface area (Å²) in [5.41, 5.74) is 3.50. The van der Waals surface area contributed by atoms with Crippen LogP contribution in [0.25, 0.3) is 0 Å². The lowest BCUT2D eigenvalue weighted by atomic mass is 10.2. The number of nitro benzene ring substituents is 1. The molecular weight excluding hydrogens is 556 g/mol. The topological polar surface area (TPSA) is 131 Å². The molecule has 10 nitrogen and oxygen atoms in total. The first-order valence-electron chi connectivity index (χ1n) is 11.8. The molecule has 40 heavy (non-hydrogen) atoms. The smallest absolute Gasteiger partial charge is 0.289 e. The number of carbonyl (C=O) groups excluding carboxylic acids is 1. The average Bonchev–Trinajstić information content (AvgIpc) is 2.96. The molecule has 4 rings (SSSR count). The molecule has 1 amide bonds. The molecule has 0 aromatic heterocycles. The molecule has 0 aliphatic rings. The van der Waals surface area contributed by atoms with E-state index in [0.717, 1.165) is 22.0 Å². The van der Waals surface area contributed by atoms with Gasteiger partial charge in [-0.15, -0.1) is 0 Å². The molecule has 4 aromatic carbocycles. The number of nitrogens with zero attached hydrogens (tertiary/aromatic N) is 3. The second-order valence-electron chi connectivity index (χ2n) is 8.35. The van der Waals surface area contributed by atoms with E-state index < -0.39 is 38.0 Å². The van der Waals surface area contributed by atoms with E-state index in [-0.39, 0.29) is 5.69 Å². The van der Waals surface area contributed by atoms with Crippen LogP contribution in [0.4, 0.5) is 11.4 Å². The molecule has 12 heteroatoms. The quantitative estimate of drug-likeness (QED) is 0.148. The number of sulfonamides is 1. The Bertz CT molecular complexity index is 1610. The van der Waals surface area contributed by atoms with Crippen molar-refractivity contribution >= 4 is 45.1 Å². The number of benzene rings is 4. The van der Waals surface area contributed by atoms with Crippen LogP contribution in [0.3, 0.4) is 0 Å². The van der Waals surface area contributed by atoms with Crippen molar-refractivity contribution in [3.8, 4) is 5.75 Å². The maximum atomic E-state index is 13.5. The van der Waals surface area contributed by atoms with Crippen molar-refractivity contribution < 1.29 is 22.9 Å². The van der Waals surface area contributed by atoms with Gasteiger partial charge in [-0.1, -0.05) is 54.1 Å². The summed E-state index contributed by atoms with van der Waals surface area (Å²) in [4.78, 5) is 22.9. The van der Waals surface area contributed by atoms with E-state index in [2.05, 4.69) is 10.5 Å². The molecule has 0 radical (unpaired) electrons. The Morgan fingerprint density at radius 1 is 0.950 bits per heavy atom. The molecule has 0 aliphatic heterocycles. The highest BCUT2D eigenvalue weighted by atomic mass is 35.5. The molecule has 0 aliphatic carbocycles. The van der Waals surface area contributed by atoms with Gasteiger partial charge in [0.1, 0.15) is 18.9 Å². The number of hydrazone groups is 1. The maximum absolute atomic E-state index is 13.5. The normalized spacial score (nSPS) is 11.2. The van der Waals surface area contributed by atoms with Crippen molar-refractivity contribution in [2.45, 2.75) is 11.5 Å². The fourth-order valence-electron chi connectivity index (χ4n) is 3.60. The number of nitrogens with one attached hydrogen (secondary N) is 1. The van der Waals surface area contributed by atoms with Gasteiger partial charge in [-0.2, -0.15) is 5.10 Å². The predicted octanol–water partition coefficient (Wildman–Crippen LogP) is 5.17. The van der Waals surface area contributed by atoms with Gasteiger partial charge in [0.2, 0.25) is 0 Å². The Morgan fingerprint density at radius 3 is 2.27 bits per heavy atom. The van der Waals surface area contributed by atoms with Crippen LogP contribution in [-0.4, -0.2) is 32.0 Å². The van der Waals surface area contributed by atoms with Gasteiger partial charge in [-0.3, -0.25) is 19.2 Å². The molecule has 0 bridgehead atoms.